The van der Waals surface area contributed by atoms with Crippen LogP contribution < -0.4 is 5.32 Å². The highest BCUT2D eigenvalue weighted by molar-refractivity contribution is 8.13. The van der Waals surface area contributed by atoms with E-state index in [4.69, 9.17) is 4.74 Å². The van der Waals surface area contributed by atoms with E-state index in [0.29, 0.717) is 12.0 Å². The largest absolute Gasteiger partial charge is 0.381 e. The Balaban J connectivity index is 1.78. The molecule has 92 valence electrons. The van der Waals surface area contributed by atoms with Gasteiger partial charge in [-0.15, -0.1) is 0 Å². The molecular weight excluding hydrogens is 220 g/mol. The third-order valence-electron chi connectivity index (χ3n) is 3.44. The Morgan fingerprint density at radius 1 is 1.50 bits per heavy atom. The number of nitrogens with one attached hydrogen (secondary N) is 1. The summed E-state index contributed by atoms with van der Waals surface area (Å²) in [4.78, 5) is 4.68. The van der Waals surface area contributed by atoms with E-state index in [2.05, 4.69) is 24.2 Å². The lowest BCUT2D eigenvalue weighted by atomic mass is 10.0. The molecule has 0 spiro atoms. The molecule has 16 heavy (non-hydrogen) atoms. The van der Waals surface area contributed by atoms with Gasteiger partial charge in [0.15, 0.2) is 5.17 Å². The van der Waals surface area contributed by atoms with Crippen molar-refractivity contribution in [2.24, 2.45) is 16.8 Å². The molecule has 2 heterocycles. The Labute approximate surface area is 102 Å². The monoisotopic (exact) mass is 242 g/mol. The maximum Gasteiger partial charge on any atom is 0.156 e. The summed E-state index contributed by atoms with van der Waals surface area (Å²) in [5.41, 5.74) is 0. The predicted molar refractivity (Wildman–Crippen MR) is 70.1 cm³/mol. The molecule has 0 radical (unpaired) electrons. The maximum absolute atomic E-state index is 5.46. The van der Waals surface area contributed by atoms with E-state index in [1.165, 1.54) is 18.6 Å². The fraction of sp³-hybridized carbons (Fsp3) is 0.917. The number of nitrogens with zero attached hydrogens (tertiary/aromatic N) is 1. The van der Waals surface area contributed by atoms with Crippen LogP contribution in [0.5, 0.6) is 0 Å². The smallest absolute Gasteiger partial charge is 0.156 e. The van der Waals surface area contributed by atoms with Crippen LogP contribution in [0.3, 0.4) is 0 Å². The molecule has 0 aromatic carbocycles. The predicted octanol–water partition coefficient (Wildman–Crippen LogP) is 2.13. The van der Waals surface area contributed by atoms with Crippen LogP contribution in [0.4, 0.5) is 0 Å². The van der Waals surface area contributed by atoms with Gasteiger partial charge in [-0.1, -0.05) is 18.7 Å². The van der Waals surface area contributed by atoms with Gasteiger partial charge in [-0.3, -0.25) is 4.99 Å². The molecule has 0 bridgehead atoms. The number of aliphatic imine (C=N–C) groups is 1. The van der Waals surface area contributed by atoms with E-state index in [1.807, 2.05) is 11.8 Å². The van der Waals surface area contributed by atoms with E-state index in [-0.39, 0.29) is 0 Å². The van der Waals surface area contributed by atoms with E-state index >= 15 is 0 Å². The zero-order valence-electron chi connectivity index (χ0n) is 10.2. The van der Waals surface area contributed by atoms with E-state index in [1.54, 1.807) is 0 Å². The number of hydrogen-bond acceptors (Lipinski definition) is 3. The molecule has 3 nitrogen and oxygen atoms in total. The van der Waals surface area contributed by atoms with E-state index in [0.717, 1.165) is 30.8 Å². The highest BCUT2D eigenvalue weighted by Crippen LogP contribution is 2.20. The highest BCUT2D eigenvalue weighted by atomic mass is 32.2. The molecule has 0 aliphatic carbocycles. The molecule has 0 aromatic rings. The van der Waals surface area contributed by atoms with Gasteiger partial charge in [0.05, 0.1) is 6.61 Å². The molecule has 2 aliphatic rings. The fourth-order valence-corrected chi connectivity index (χ4v) is 3.13. The summed E-state index contributed by atoms with van der Waals surface area (Å²) in [6.07, 6.45) is 2.47. The van der Waals surface area contributed by atoms with Gasteiger partial charge in [0, 0.05) is 30.9 Å². The summed E-state index contributed by atoms with van der Waals surface area (Å²) in [6.45, 7) is 7.29. The molecule has 2 fully saturated rings. The minimum Gasteiger partial charge on any atom is -0.381 e. The molecule has 0 saturated carbocycles. The van der Waals surface area contributed by atoms with Gasteiger partial charge in [-0.05, 0) is 25.7 Å². The van der Waals surface area contributed by atoms with Gasteiger partial charge in [0.2, 0.25) is 0 Å². The topological polar surface area (TPSA) is 33.6 Å². The lowest BCUT2D eigenvalue weighted by Gasteiger charge is -2.29. The molecule has 2 saturated heterocycles. The lowest BCUT2D eigenvalue weighted by Crippen LogP contribution is -2.41. The van der Waals surface area contributed by atoms with Gasteiger partial charge < -0.3 is 10.1 Å². The second-order valence-electron chi connectivity index (χ2n) is 4.95. The van der Waals surface area contributed by atoms with Crippen LogP contribution in [0.25, 0.3) is 0 Å². The van der Waals surface area contributed by atoms with Crippen LogP contribution >= 0.6 is 11.8 Å². The zero-order chi connectivity index (χ0) is 11.4. The summed E-state index contributed by atoms with van der Waals surface area (Å²) in [7, 11) is 0. The Morgan fingerprint density at radius 3 is 3.06 bits per heavy atom. The van der Waals surface area contributed by atoms with Crippen molar-refractivity contribution in [2.75, 3.05) is 25.5 Å². The SMILES string of the molecule is CC1CSC(=NCC2CCCOC2)NC1C. The number of rotatable bonds is 2. The highest BCUT2D eigenvalue weighted by Gasteiger charge is 2.21. The summed E-state index contributed by atoms with van der Waals surface area (Å²) in [5, 5.41) is 4.61. The van der Waals surface area contributed by atoms with Crippen LogP contribution in [-0.4, -0.2) is 36.7 Å². The second-order valence-corrected chi connectivity index (χ2v) is 5.96. The first-order valence-electron chi connectivity index (χ1n) is 6.27. The zero-order valence-corrected chi connectivity index (χ0v) is 11.1. The first-order valence-corrected chi connectivity index (χ1v) is 7.26. The van der Waals surface area contributed by atoms with Gasteiger partial charge in [0.1, 0.15) is 0 Å². The average Bonchev–Trinajstić information content (AvgIpc) is 2.32. The van der Waals surface area contributed by atoms with E-state index < -0.39 is 0 Å². The Bertz CT molecular complexity index is 251. The summed E-state index contributed by atoms with van der Waals surface area (Å²) in [6, 6.07) is 0.558. The summed E-state index contributed by atoms with van der Waals surface area (Å²) >= 11 is 1.86. The average molecular weight is 242 g/mol. The third kappa shape index (κ3) is 3.39. The molecule has 2 aliphatic heterocycles. The fourth-order valence-electron chi connectivity index (χ4n) is 1.99. The van der Waals surface area contributed by atoms with Crippen molar-refractivity contribution in [3.8, 4) is 0 Å². The van der Waals surface area contributed by atoms with Crippen LogP contribution in [0.1, 0.15) is 26.7 Å². The van der Waals surface area contributed by atoms with Crippen LogP contribution in [0, 0.1) is 11.8 Å². The number of amidine groups is 1. The van der Waals surface area contributed by atoms with Crippen LogP contribution in [-0.2, 0) is 4.74 Å². The minimum atomic E-state index is 0.558. The Hall–Kier alpha value is -0.220. The molecule has 0 amide bonds. The first kappa shape index (κ1) is 12.2. The van der Waals surface area contributed by atoms with Crippen molar-refractivity contribution in [3.05, 3.63) is 0 Å². The number of thioether (sulfide) groups is 1. The summed E-state index contributed by atoms with van der Waals surface area (Å²) in [5.74, 6) is 2.56. The minimum absolute atomic E-state index is 0.558. The second kappa shape index (κ2) is 5.92. The van der Waals surface area contributed by atoms with Crippen molar-refractivity contribution < 1.29 is 4.74 Å². The number of ether oxygens (including phenoxy) is 1. The standard InChI is InChI=1S/C12H22N2OS/c1-9-8-16-12(14-10(9)2)13-6-11-4-3-5-15-7-11/h9-11H,3-8H2,1-2H3,(H,13,14). The van der Waals surface area contributed by atoms with Gasteiger partial charge in [-0.25, -0.2) is 0 Å². The Kier molecular flexibility index (Phi) is 4.53. The normalized spacial score (nSPS) is 38.4. The van der Waals surface area contributed by atoms with Crippen LogP contribution in [0.2, 0.25) is 0 Å². The Morgan fingerprint density at radius 2 is 2.38 bits per heavy atom. The van der Waals surface area contributed by atoms with Crippen molar-refractivity contribution in [2.45, 2.75) is 32.7 Å². The maximum atomic E-state index is 5.46. The number of hydrogen-bond donors (Lipinski definition) is 1. The third-order valence-corrected chi connectivity index (χ3v) is 4.65. The molecule has 0 aromatic heterocycles. The summed E-state index contributed by atoms with van der Waals surface area (Å²) < 4.78 is 5.46. The molecule has 3 atom stereocenters. The molecule has 1 N–H and O–H groups in total. The molecule has 4 heteroatoms. The first-order chi connectivity index (χ1) is 7.75. The van der Waals surface area contributed by atoms with Crippen molar-refractivity contribution in [1.29, 1.82) is 0 Å². The molecule has 2 rings (SSSR count). The molecular formula is C12H22N2OS. The lowest BCUT2D eigenvalue weighted by molar-refractivity contribution is 0.0582. The molecule has 3 unspecified atom stereocenters. The van der Waals surface area contributed by atoms with Gasteiger partial charge >= 0.3 is 0 Å². The van der Waals surface area contributed by atoms with Crippen molar-refractivity contribution in [1.82, 2.24) is 5.32 Å². The van der Waals surface area contributed by atoms with Crippen molar-refractivity contribution in [3.63, 3.8) is 0 Å². The van der Waals surface area contributed by atoms with Gasteiger partial charge in [-0.2, -0.15) is 0 Å². The quantitative estimate of drug-likeness (QED) is 0.805. The van der Waals surface area contributed by atoms with Crippen LogP contribution in [0.15, 0.2) is 4.99 Å². The van der Waals surface area contributed by atoms with E-state index in [9.17, 15) is 0 Å². The van der Waals surface area contributed by atoms with Crippen molar-refractivity contribution >= 4 is 16.9 Å². The van der Waals surface area contributed by atoms with Gasteiger partial charge in [0.25, 0.3) is 0 Å².